The van der Waals surface area contributed by atoms with Gasteiger partial charge in [-0.15, -0.1) is 11.3 Å². The minimum Gasteiger partial charge on any atom is -0.374 e. The molecule has 10 heteroatoms. The Morgan fingerprint density at radius 1 is 1.28 bits per heavy atom. The van der Waals surface area contributed by atoms with Crippen LogP contribution in [0.5, 0.6) is 0 Å². The summed E-state index contributed by atoms with van der Waals surface area (Å²) in [4.78, 5) is 30.8. The van der Waals surface area contributed by atoms with Gasteiger partial charge in [-0.25, -0.2) is 18.0 Å². The van der Waals surface area contributed by atoms with Crippen LogP contribution in [0.15, 0.2) is 21.5 Å². The van der Waals surface area contributed by atoms with Gasteiger partial charge in [0.1, 0.15) is 11.9 Å². The molecule has 3 atom stereocenters. The molecule has 1 fully saturated rings. The van der Waals surface area contributed by atoms with Crippen LogP contribution in [0.3, 0.4) is 0 Å². The molecule has 4 N–H and O–H groups in total. The third kappa shape index (κ3) is 2.78. The third-order valence-corrected chi connectivity index (χ3v) is 8.59. The van der Waals surface area contributed by atoms with Gasteiger partial charge >= 0.3 is 5.69 Å². The largest absolute Gasteiger partial charge is 0.374 e. The lowest BCUT2D eigenvalue weighted by Crippen LogP contribution is -2.44. The number of thiophene rings is 1. The number of nitrogens with two attached hydrogens (primary N) is 1. The van der Waals surface area contributed by atoms with Crippen molar-refractivity contribution in [1.82, 2.24) is 9.97 Å². The van der Waals surface area contributed by atoms with E-state index in [-0.39, 0.29) is 42.1 Å². The second-order valence-electron chi connectivity index (χ2n) is 8.93. The molecule has 0 spiro atoms. The first-order valence-electron chi connectivity index (χ1n) is 10.6. The van der Waals surface area contributed by atoms with E-state index < -0.39 is 40.4 Å². The zero-order valence-corrected chi connectivity index (χ0v) is 18.5. The van der Waals surface area contributed by atoms with Crippen molar-refractivity contribution in [2.24, 2.45) is 11.7 Å². The number of rotatable bonds is 4. The summed E-state index contributed by atoms with van der Waals surface area (Å²) < 4.78 is 51.3. The van der Waals surface area contributed by atoms with Gasteiger partial charge in [-0.3, -0.25) is 9.78 Å². The average molecular weight is 468 g/mol. The van der Waals surface area contributed by atoms with E-state index >= 15 is 4.39 Å². The summed E-state index contributed by atoms with van der Waals surface area (Å²) in [6.45, 7) is 1.30. The molecule has 0 saturated heterocycles. The Morgan fingerprint density at radius 3 is 2.62 bits per heavy atom. The van der Waals surface area contributed by atoms with E-state index in [4.69, 9.17) is 10.5 Å². The Labute approximate surface area is 185 Å². The number of aryl methyl sites for hydroxylation is 1. The van der Waals surface area contributed by atoms with E-state index in [9.17, 15) is 18.4 Å². The molecular weight excluding hydrogens is 443 g/mol. The third-order valence-electron chi connectivity index (χ3n) is 7.23. The molecule has 3 aliphatic rings. The minimum atomic E-state index is -2.92. The van der Waals surface area contributed by atoms with Gasteiger partial charge in [0.2, 0.25) is 0 Å². The van der Waals surface area contributed by atoms with Crippen molar-refractivity contribution < 1.29 is 17.9 Å². The number of hydrogen-bond acceptors (Lipinski definition) is 5. The van der Waals surface area contributed by atoms with Crippen LogP contribution in [0.25, 0.3) is 5.57 Å². The van der Waals surface area contributed by atoms with Crippen molar-refractivity contribution in [2.75, 3.05) is 13.7 Å². The molecule has 3 unspecified atom stereocenters. The maximum absolute atomic E-state index is 16.4. The predicted molar refractivity (Wildman–Crippen MR) is 115 cm³/mol. The molecular formula is C22H24F3N3O3S. The monoisotopic (exact) mass is 467 g/mol. The van der Waals surface area contributed by atoms with Gasteiger partial charge in [-0.1, -0.05) is 0 Å². The minimum absolute atomic E-state index is 0.0536. The summed E-state index contributed by atoms with van der Waals surface area (Å²) in [6, 6.07) is 1.66. The van der Waals surface area contributed by atoms with Crippen LogP contribution in [0.4, 0.5) is 13.2 Å². The van der Waals surface area contributed by atoms with E-state index in [0.717, 1.165) is 17.7 Å². The first-order valence-corrected chi connectivity index (χ1v) is 11.5. The Bertz CT molecular complexity index is 1240. The highest BCUT2D eigenvalue weighted by Crippen LogP contribution is 2.64. The zero-order chi connectivity index (χ0) is 23.0. The van der Waals surface area contributed by atoms with Gasteiger partial charge in [-0.05, 0) is 49.3 Å². The zero-order valence-electron chi connectivity index (χ0n) is 17.7. The van der Waals surface area contributed by atoms with Crippen LogP contribution in [-0.2, 0) is 16.6 Å². The maximum Gasteiger partial charge on any atom is 0.326 e. The van der Waals surface area contributed by atoms with Crippen LogP contribution in [0.2, 0.25) is 0 Å². The van der Waals surface area contributed by atoms with Crippen molar-refractivity contribution >= 4 is 16.9 Å². The molecule has 2 heterocycles. The van der Waals surface area contributed by atoms with Crippen molar-refractivity contribution in [1.29, 1.82) is 0 Å². The number of hydrogen-bond donors (Lipinski definition) is 3. The molecule has 5 rings (SSSR count). The van der Waals surface area contributed by atoms with E-state index in [1.807, 2.05) is 0 Å². The molecule has 6 nitrogen and oxygen atoms in total. The lowest BCUT2D eigenvalue weighted by molar-refractivity contribution is -0.0382. The number of fused-ring (bicyclic) bond motifs is 2. The van der Waals surface area contributed by atoms with Crippen LogP contribution in [-0.4, -0.2) is 29.5 Å². The highest BCUT2D eigenvalue weighted by Gasteiger charge is 2.61. The smallest absolute Gasteiger partial charge is 0.326 e. The molecule has 2 aromatic rings. The summed E-state index contributed by atoms with van der Waals surface area (Å²) in [6.07, 6.45) is 0.374. The van der Waals surface area contributed by atoms with E-state index in [2.05, 4.69) is 9.97 Å². The van der Waals surface area contributed by atoms with Gasteiger partial charge in [0, 0.05) is 29.8 Å². The predicted octanol–water partition coefficient (Wildman–Crippen LogP) is 3.50. The van der Waals surface area contributed by atoms with Gasteiger partial charge in [-0.2, -0.15) is 0 Å². The fraction of sp³-hybridized carbons (Fsp3) is 0.545. The number of halogens is 3. The number of allylic oxidation sites excluding steroid dienone is 1. The number of aromatic nitrogens is 2. The van der Waals surface area contributed by atoms with Gasteiger partial charge < -0.3 is 15.5 Å². The van der Waals surface area contributed by atoms with Crippen LogP contribution in [0, 0.1) is 5.92 Å². The Balaban J connectivity index is 1.79. The lowest BCUT2D eigenvalue weighted by atomic mass is 9.67. The lowest BCUT2D eigenvalue weighted by Gasteiger charge is -2.42. The first kappa shape index (κ1) is 21.7. The Morgan fingerprint density at radius 2 is 2.00 bits per heavy atom. The molecule has 0 aliphatic heterocycles. The molecule has 172 valence electrons. The average Bonchev–Trinajstić information content (AvgIpc) is 3.49. The molecule has 0 bridgehead atoms. The Hall–Kier alpha value is -2.17. The summed E-state index contributed by atoms with van der Waals surface area (Å²) in [5, 5.41) is 0. The number of nitrogens with one attached hydrogen (secondary N) is 2. The molecule has 1 saturated carbocycles. The van der Waals surface area contributed by atoms with Crippen LogP contribution < -0.4 is 17.0 Å². The number of ether oxygens (including phenoxy) is 1. The SMILES string of the molecule is COC1c2[nH]c(=O)[nH]c(=O)c2C(C)=C(F)C1(c1cc2c(s1)CCC(F)(F)C2CN)C1CC1. The number of alkyl halides is 2. The maximum atomic E-state index is 16.4. The number of aromatic amines is 2. The highest BCUT2D eigenvalue weighted by atomic mass is 32.1. The fourth-order valence-corrected chi connectivity index (χ4v) is 7.13. The van der Waals surface area contributed by atoms with Crippen molar-refractivity contribution in [3.63, 3.8) is 0 Å². The van der Waals surface area contributed by atoms with Crippen LogP contribution in [0.1, 0.15) is 64.8 Å². The number of H-pyrrole nitrogens is 2. The van der Waals surface area contributed by atoms with Gasteiger partial charge in [0.15, 0.2) is 0 Å². The molecule has 3 aliphatic carbocycles. The fourth-order valence-electron chi connectivity index (χ4n) is 5.63. The standard InChI is InChI=1S/C22H24F3N3O3S/c1-9-15-16(27-20(30)28-19(15)29)18(31-2)22(17(9)23,10-3-4-10)14-7-11-12(8-26)21(24,25)6-5-13(11)32-14/h7,10,12,18H,3-6,8,26H2,1-2H3,(H2,27,28,29,30). The van der Waals surface area contributed by atoms with E-state index in [1.165, 1.54) is 25.4 Å². The first-order chi connectivity index (χ1) is 15.2. The van der Waals surface area contributed by atoms with Gasteiger partial charge in [0.25, 0.3) is 11.5 Å². The second-order valence-corrected chi connectivity index (χ2v) is 10.1. The van der Waals surface area contributed by atoms with Gasteiger partial charge in [0.05, 0.1) is 22.6 Å². The molecule has 2 aromatic heterocycles. The molecule has 0 radical (unpaired) electrons. The van der Waals surface area contributed by atoms with E-state index in [0.29, 0.717) is 10.4 Å². The van der Waals surface area contributed by atoms with E-state index in [1.54, 1.807) is 6.07 Å². The quantitative estimate of drug-likeness (QED) is 0.641. The highest BCUT2D eigenvalue weighted by molar-refractivity contribution is 7.12. The summed E-state index contributed by atoms with van der Waals surface area (Å²) in [5.74, 6) is -4.70. The Kier molecular flexibility index (Phi) is 4.85. The molecule has 32 heavy (non-hydrogen) atoms. The topological polar surface area (TPSA) is 101 Å². The number of methoxy groups -OCH3 is 1. The second kappa shape index (κ2) is 7.16. The van der Waals surface area contributed by atoms with Crippen molar-refractivity contribution in [3.8, 4) is 0 Å². The van der Waals surface area contributed by atoms with Crippen LogP contribution >= 0.6 is 11.3 Å². The normalized spacial score (nSPS) is 29.1. The molecule has 0 amide bonds. The summed E-state index contributed by atoms with van der Waals surface area (Å²) in [7, 11) is 1.41. The summed E-state index contributed by atoms with van der Waals surface area (Å²) >= 11 is 1.32. The summed E-state index contributed by atoms with van der Waals surface area (Å²) in [5.41, 5.74) is 3.91. The van der Waals surface area contributed by atoms with Crippen molar-refractivity contribution in [2.45, 2.75) is 56.0 Å². The van der Waals surface area contributed by atoms with Crippen molar-refractivity contribution in [3.05, 3.63) is 59.3 Å². The molecule has 0 aromatic carbocycles.